The first-order chi connectivity index (χ1) is 8.79. The van der Waals surface area contributed by atoms with E-state index in [1.807, 2.05) is 24.3 Å². The molecule has 0 radical (unpaired) electrons. The van der Waals surface area contributed by atoms with Crippen LogP contribution in [0.3, 0.4) is 0 Å². The average molecular weight is 247 g/mol. The molecule has 96 valence electrons. The van der Waals surface area contributed by atoms with E-state index in [0.29, 0.717) is 26.0 Å². The van der Waals surface area contributed by atoms with E-state index in [9.17, 15) is 4.79 Å². The van der Waals surface area contributed by atoms with Gasteiger partial charge in [-0.15, -0.1) is 0 Å². The van der Waals surface area contributed by atoms with Gasteiger partial charge in [-0.25, -0.2) is 4.98 Å². The summed E-state index contributed by atoms with van der Waals surface area (Å²) in [4.78, 5) is 19.1. The van der Waals surface area contributed by atoms with Crippen molar-refractivity contribution < 1.29 is 9.53 Å². The summed E-state index contributed by atoms with van der Waals surface area (Å²) in [6.45, 7) is 1.09. The minimum atomic E-state index is 0.0208. The molecule has 2 N–H and O–H groups in total. The molecule has 1 amide bonds. The zero-order valence-electron chi connectivity index (χ0n) is 10.4. The Balaban J connectivity index is 1.84. The van der Waals surface area contributed by atoms with Gasteiger partial charge in [-0.1, -0.05) is 12.1 Å². The summed E-state index contributed by atoms with van der Waals surface area (Å²) in [6.07, 6.45) is 1.05. The lowest BCUT2D eigenvalue weighted by molar-refractivity contribution is -0.121. The van der Waals surface area contributed by atoms with Crippen LogP contribution in [0.1, 0.15) is 12.2 Å². The Labute approximate surface area is 106 Å². The number of rotatable bonds is 6. The maximum absolute atomic E-state index is 11.5. The maximum atomic E-state index is 11.5. The highest BCUT2D eigenvalue weighted by Crippen LogP contribution is 2.11. The van der Waals surface area contributed by atoms with Crippen LogP contribution in [0.5, 0.6) is 0 Å². The number of carbonyl (C=O) groups is 1. The molecule has 0 spiro atoms. The van der Waals surface area contributed by atoms with Gasteiger partial charge in [-0.05, 0) is 12.1 Å². The average Bonchev–Trinajstić information content (AvgIpc) is 2.79. The second kappa shape index (κ2) is 6.16. The molecule has 0 atom stereocenters. The highest BCUT2D eigenvalue weighted by atomic mass is 16.5. The van der Waals surface area contributed by atoms with Gasteiger partial charge in [0.1, 0.15) is 5.82 Å². The van der Waals surface area contributed by atoms with Gasteiger partial charge >= 0.3 is 0 Å². The number of hydrogen-bond acceptors (Lipinski definition) is 3. The van der Waals surface area contributed by atoms with Crippen LogP contribution < -0.4 is 5.32 Å². The summed E-state index contributed by atoms with van der Waals surface area (Å²) < 4.78 is 4.86. The third-order valence-corrected chi connectivity index (χ3v) is 2.66. The van der Waals surface area contributed by atoms with Crippen molar-refractivity contribution in [2.75, 3.05) is 20.3 Å². The Morgan fingerprint density at radius 1 is 1.44 bits per heavy atom. The fourth-order valence-corrected chi connectivity index (χ4v) is 1.74. The number of benzene rings is 1. The van der Waals surface area contributed by atoms with Gasteiger partial charge in [-0.2, -0.15) is 0 Å². The number of nitrogens with one attached hydrogen (secondary N) is 2. The zero-order valence-corrected chi connectivity index (χ0v) is 10.4. The third-order valence-electron chi connectivity index (χ3n) is 2.66. The maximum Gasteiger partial charge on any atom is 0.220 e. The first kappa shape index (κ1) is 12.6. The first-order valence-electron chi connectivity index (χ1n) is 5.99. The quantitative estimate of drug-likeness (QED) is 0.755. The Hall–Kier alpha value is -1.88. The van der Waals surface area contributed by atoms with E-state index in [0.717, 1.165) is 16.9 Å². The number of methoxy groups -OCH3 is 1. The van der Waals surface area contributed by atoms with Crippen molar-refractivity contribution in [1.82, 2.24) is 15.3 Å². The van der Waals surface area contributed by atoms with Crippen molar-refractivity contribution >= 4 is 16.9 Å². The van der Waals surface area contributed by atoms with Crippen LogP contribution in [0.15, 0.2) is 24.3 Å². The number of fused-ring (bicyclic) bond motifs is 1. The van der Waals surface area contributed by atoms with Gasteiger partial charge in [0.05, 0.1) is 17.6 Å². The van der Waals surface area contributed by atoms with E-state index in [2.05, 4.69) is 15.3 Å². The molecule has 2 rings (SSSR count). The lowest BCUT2D eigenvalue weighted by Gasteiger charge is -2.02. The molecule has 2 aromatic rings. The summed E-state index contributed by atoms with van der Waals surface area (Å²) in [7, 11) is 1.61. The zero-order chi connectivity index (χ0) is 12.8. The minimum absolute atomic E-state index is 0.0208. The molecule has 0 aliphatic heterocycles. The van der Waals surface area contributed by atoms with Crippen LogP contribution in [-0.4, -0.2) is 36.1 Å². The van der Waals surface area contributed by atoms with Gasteiger partial charge < -0.3 is 15.0 Å². The van der Waals surface area contributed by atoms with Gasteiger partial charge in [0.25, 0.3) is 0 Å². The number of ether oxygens (including phenoxy) is 1. The van der Waals surface area contributed by atoms with E-state index in [4.69, 9.17) is 4.74 Å². The highest BCUT2D eigenvalue weighted by Gasteiger charge is 2.05. The second-order valence-electron chi connectivity index (χ2n) is 4.04. The van der Waals surface area contributed by atoms with E-state index in [1.165, 1.54) is 0 Å². The largest absolute Gasteiger partial charge is 0.383 e. The smallest absolute Gasteiger partial charge is 0.220 e. The fraction of sp³-hybridized carbons (Fsp3) is 0.385. The standard InChI is InChI=1S/C13H17N3O2/c1-18-9-8-14-13(17)7-6-12-15-10-4-2-3-5-11(10)16-12/h2-5H,6-9H2,1H3,(H,14,17)(H,15,16). The molecule has 1 aromatic heterocycles. The Bertz CT molecular complexity index is 489. The van der Waals surface area contributed by atoms with Crippen LogP contribution in [-0.2, 0) is 16.0 Å². The number of hydrogen-bond donors (Lipinski definition) is 2. The van der Waals surface area contributed by atoms with Crippen molar-refractivity contribution in [2.45, 2.75) is 12.8 Å². The van der Waals surface area contributed by atoms with Crippen LogP contribution in [0.2, 0.25) is 0 Å². The second-order valence-corrected chi connectivity index (χ2v) is 4.04. The van der Waals surface area contributed by atoms with Crippen molar-refractivity contribution in [3.63, 3.8) is 0 Å². The number of aromatic nitrogens is 2. The lowest BCUT2D eigenvalue weighted by atomic mass is 10.3. The monoisotopic (exact) mass is 247 g/mol. The molecule has 0 aliphatic carbocycles. The molecule has 5 heteroatoms. The van der Waals surface area contributed by atoms with Crippen molar-refractivity contribution in [2.24, 2.45) is 0 Å². The van der Waals surface area contributed by atoms with Gasteiger partial charge in [-0.3, -0.25) is 4.79 Å². The van der Waals surface area contributed by atoms with E-state index in [-0.39, 0.29) is 5.91 Å². The van der Waals surface area contributed by atoms with Crippen LogP contribution in [0.25, 0.3) is 11.0 Å². The fourth-order valence-electron chi connectivity index (χ4n) is 1.74. The Kier molecular flexibility index (Phi) is 4.30. The summed E-state index contributed by atoms with van der Waals surface area (Å²) in [5.41, 5.74) is 1.94. The molecule has 5 nitrogen and oxygen atoms in total. The van der Waals surface area contributed by atoms with Crippen LogP contribution in [0, 0.1) is 0 Å². The Morgan fingerprint density at radius 2 is 2.28 bits per heavy atom. The summed E-state index contributed by atoms with van der Waals surface area (Å²) >= 11 is 0. The number of carbonyl (C=O) groups excluding carboxylic acids is 1. The molecule has 1 heterocycles. The highest BCUT2D eigenvalue weighted by molar-refractivity contribution is 5.77. The molecule has 0 fully saturated rings. The van der Waals surface area contributed by atoms with E-state index < -0.39 is 0 Å². The summed E-state index contributed by atoms with van der Waals surface area (Å²) in [5, 5.41) is 2.78. The number of imidazole rings is 1. The van der Waals surface area contributed by atoms with Crippen LogP contribution in [0.4, 0.5) is 0 Å². The number of aromatic amines is 1. The molecular formula is C13H17N3O2. The number of aryl methyl sites for hydroxylation is 1. The molecular weight excluding hydrogens is 230 g/mol. The predicted molar refractivity (Wildman–Crippen MR) is 69.3 cm³/mol. The minimum Gasteiger partial charge on any atom is -0.383 e. The van der Waals surface area contributed by atoms with Crippen molar-refractivity contribution in [3.05, 3.63) is 30.1 Å². The molecule has 1 aromatic carbocycles. The predicted octanol–water partition coefficient (Wildman–Crippen LogP) is 1.26. The third kappa shape index (κ3) is 3.30. The van der Waals surface area contributed by atoms with Gasteiger partial charge in [0.2, 0.25) is 5.91 Å². The molecule has 0 bridgehead atoms. The molecule has 0 aliphatic rings. The van der Waals surface area contributed by atoms with E-state index >= 15 is 0 Å². The number of amides is 1. The molecule has 18 heavy (non-hydrogen) atoms. The summed E-state index contributed by atoms with van der Waals surface area (Å²) in [6, 6.07) is 7.84. The molecule has 0 unspecified atom stereocenters. The SMILES string of the molecule is COCCNC(=O)CCc1nc2ccccc2[nH]1. The van der Waals surface area contributed by atoms with Crippen molar-refractivity contribution in [1.29, 1.82) is 0 Å². The normalized spacial score (nSPS) is 10.7. The molecule has 0 saturated heterocycles. The van der Waals surface area contributed by atoms with Gasteiger partial charge in [0.15, 0.2) is 0 Å². The lowest BCUT2D eigenvalue weighted by Crippen LogP contribution is -2.27. The van der Waals surface area contributed by atoms with Crippen molar-refractivity contribution in [3.8, 4) is 0 Å². The Morgan fingerprint density at radius 3 is 3.06 bits per heavy atom. The molecule has 0 saturated carbocycles. The van der Waals surface area contributed by atoms with E-state index in [1.54, 1.807) is 7.11 Å². The van der Waals surface area contributed by atoms with Crippen LogP contribution >= 0.6 is 0 Å². The number of para-hydroxylation sites is 2. The first-order valence-corrected chi connectivity index (χ1v) is 5.99. The van der Waals surface area contributed by atoms with Gasteiger partial charge in [0, 0.05) is 26.5 Å². The number of nitrogens with zero attached hydrogens (tertiary/aromatic N) is 1. The topological polar surface area (TPSA) is 67.0 Å². The number of H-pyrrole nitrogens is 1. The summed E-state index contributed by atoms with van der Waals surface area (Å²) in [5.74, 6) is 0.866.